The molecule has 1 amide bonds. The molecule has 122 valence electrons. The highest BCUT2D eigenvalue weighted by atomic mass is 35.5. The van der Waals surface area contributed by atoms with Gasteiger partial charge in [0.2, 0.25) is 5.91 Å². The number of anilines is 2. The van der Waals surface area contributed by atoms with E-state index in [0.29, 0.717) is 11.4 Å². The van der Waals surface area contributed by atoms with Crippen LogP contribution in [0.2, 0.25) is 0 Å². The van der Waals surface area contributed by atoms with Crippen molar-refractivity contribution in [1.82, 2.24) is 0 Å². The maximum Gasteiger partial charge on any atom is 0.261 e. The second-order valence-corrected chi connectivity index (χ2v) is 7.08. The molecule has 0 fully saturated rings. The smallest absolute Gasteiger partial charge is 0.261 e. The summed E-state index contributed by atoms with van der Waals surface area (Å²) in [7, 11) is -3.69. The monoisotopic (exact) mass is 352 g/mol. The van der Waals surface area contributed by atoms with E-state index in [-0.39, 0.29) is 16.7 Å². The average molecular weight is 353 g/mol. The molecule has 0 bridgehead atoms. The van der Waals surface area contributed by atoms with Gasteiger partial charge in [-0.05, 0) is 55.3 Å². The summed E-state index contributed by atoms with van der Waals surface area (Å²) in [6, 6.07) is 11.4. The van der Waals surface area contributed by atoms with Crippen LogP contribution in [0.25, 0.3) is 0 Å². The Kier molecular flexibility index (Phi) is 5.28. The number of rotatable bonds is 5. The molecule has 2 aromatic rings. The van der Waals surface area contributed by atoms with E-state index in [0.717, 1.165) is 11.1 Å². The zero-order chi connectivity index (χ0) is 17.0. The Morgan fingerprint density at radius 1 is 1.09 bits per heavy atom. The van der Waals surface area contributed by atoms with Gasteiger partial charge in [-0.3, -0.25) is 9.52 Å². The van der Waals surface area contributed by atoms with Crippen molar-refractivity contribution in [2.24, 2.45) is 0 Å². The first-order valence-electron chi connectivity index (χ1n) is 6.88. The molecule has 0 atom stereocenters. The Labute approximate surface area is 140 Å². The van der Waals surface area contributed by atoms with Crippen LogP contribution in [-0.2, 0) is 14.8 Å². The van der Waals surface area contributed by atoms with E-state index in [1.165, 1.54) is 24.3 Å². The molecule has 5 nitrogen and oxygen atoms in total. The first kappa shape index (κ1) is 17.3. The molecular weight excluding hydrogens is 336 g/mol. The molecule has 0 aliphatic carbocycles. The van der Waals surface area contributed by atoms with Crippen molar-refractivity contribution in [3.8, 4) is 0 Å². The fourth-order valence-corrected chi connectivity index (χ4v) is 3.15. The number of carbonyl (C=O) groups excluding carboxylic acids is 1. The molecule has 2 N–H and O–H groups in total. The molecule has 0 heterocycles. The quantitative estimate of drug-likeness (QED) is 0.811. The topological polar surface area (TPSA) is 75.3 Å². The number of amides is 1. The minimum absolute atomic E-state index is 0.113. The summed E-state index contributed by atoms with van der Waals surface area (Å²) in [5.41, 5.74) is 2.84. The first-order chi connectivity index (χ1) is 10.8. The van der Waals surface area contributed by atoms with Gasteiger partial charge in [0.15, 0.2) is 0 Å². The number of benzene rings is 2. The zero-order valence-electron chi connectivity index (χ0n) is 12.8. The lowest BCUT2D eigenvalue weighted by Crippen LogP contribution is -2.15. The highest BCUT2D eigenvalue weighted by Crippen LogP contribution is 2.22. The summed E-state index contributed by atoms with van der Waals surface area (Å²) in [5, 5.41) is 2.55. The van der Waals surface area contributed by atoms with E-state index in [9.17, 15) is 13.2 Å². The highest BCUT2D eigenvalue weighted by molar-refractivity contribution is 7.92. The minimum atomic E-state index is -3.69. The lowest BCUT2D eigenvalue weighted by atomic mass is 10.1. The van der Waals surface area contributed by atoms with Crippen LogP contribution in [0.5, 0.6) is 0 Å². The molecule has 23 heavy (non-hydrogen) atoms. The molecule has 2 aromatic carbocycles. The maximum absolute atomic E-state index is 12.4. The van der Waals surface area contributed by atoms with Crippen LogP contribution in [0.1, 0.15) is 11.1 Å². The Balaban J connectivity index is 2.22. The summed E-state index contributed by atoms with van der Waals surface area (Å²) in [6.07, 6.45) is 0. The molecule has 0 aromatic heterocycles. The van der Waals surface area contributed by atoms with E-state index in [1.54, 1.807) is 6.07 Å². The molecule has 0 aliphatic rings. The number of nitrogens with one attached hydrogen (secondary N) is 2. The van der Waals surface area contributed by atoms with Gasteiger partial charge in [-0.1, -0.05) is 12.1 Å². The average Bonchev–Trinajstić information content (AvgIpc) is 2.51. The fourth-order valence-electron chi connectivity index (χ4n) is 1.96. The molecule has 0 unspecified atom stereocenters. The van der Waals surface area contributed by atoms with Gasteiger partial charge in [0.25, 0.3) is 10.0 Å². The molecule has 0 aliphatic heterocycles. The number of halogens is 1. The van der Waals surface area contributed by atoms with Crippen molar-refractivity contribution in [2.75, 3.05) is 15.9 Å². The van der Waals surface area contributed by atoms with Crippen LogP contribution in [0, 0.1) is 13.8 Å². The predicted molar refractivity (Wildman–Crippen MR) is 92.5 cm³/mol. The van der Waals surface area contributed by atoms with Crippen LogP contribution in [0.4, 0.5) is 11.4 Å². The van der Waals surface area contributed by atoms with E-state index < -0.39 is 10.0 Å². The number of aryl methyl sites for hydroxylation is 2. The van der Waals surface area contributed by atoms with E-state index >= 15 is 0 Å². The van der Waals surface area contributed by atoms with Gasteiger partial charge in [-0.25, -0.2) is 8.42 Å². The molecule has 0 saturated heterocycles. The van der Waals surface area contributed by atoms with Crippen LogP contribution in [0.3, 0.4) is 0 Å². The van der Waals surface area contributed by atoms with Gasteiger partial charge in [-0.2, -0.15) is 0 Å². The second kappa shape index (κ2) is 7.02. The standard InChI is InChI=1S/C16H17ClN2O3S/c1-11-3-4-12(2)15(9-11)19-23(21,22)14-7-5-13(6-8-14)18-16(20)10-17/h3-9,19H,10H2,1-2H3,(H,18,20). The number of alkyl halides is 1. The van der Waals surface area contributed by atoms with Gasteiger partial charge in [0.1, 0.15) is 5.88 Å². The van der Waals surface area contributed by atoms with Gasteiger partial charge in [0, 0.05) is 5.69 Å². The summed E-state index contributed by atoms with van der Waals surface area (Å²) < 4.78 is 27.4. The van der Waals surface area contributed by atoms with Crippen LogP contribution < -0.4 is 10.0 Å². The number of sulfonamides is 1. The molecule has 0 saturated carbocycles. The van der Waals surface area contributed by atoms with Crippen molar-refractivity contribution >= 4 is 38.9 Å². The van der Waals surface area contributed by atoms with Gasteiger partial charge >= 0.3 is 0 Å². The number of hydrogen-bond donors (Lipinski definition) is 2. The predicted octanol–water partition coefficient (Wildman–Crippen LogP) is 3.28. The summed E-state index contributed by atoms with van der Waals surface area (Å²) in [4.78, 5) is 11.3. The molecule has 0 radical (unpaired) electrons. The third-order valence-electron chi connectivity index (χ3n) is 3.21. The van der Waals surface area contributed by atoms with Crippen molar-refractivity contribution < 1.29 is 13.2 Å². The Hall–Kier alpha value is -2.05. The lowest BCUT2D eigenvalue weighted by molar-refractivity contribution is -0.113. The first-order valence-corrected chi connectivity index (χ1v) is 8.89. The highest BCUT2D eigenvalue weighted by Gasteiger charge is 2.15. The lowest BCUT2D eigenvalue weighted by Gasteiger charge is -2.12. The largest absolute Gasteiger partial charge is 0.325 e. The normalized spacial score (nSPS) is 11.1. The van der Waals surface area contributed by atoms with Crippen molar-refractivity contribution in [3.63, 3.8) is 0 Å². The molecule has 2 rings (SSSR count). The second-order valence-electron chi connectivity index (χ2n) is 5.13. The van der Waals surface area contributed by atoms with E-state index in [1.807, 2.05) is 26.0 Å². The minimum Gasteiger partial charge on any atom is -0.325 e. The van der Waals surface area contributed by atoms with E-state index in [4.69, 9.17) is 11.6 Å². The number of carbonyl (C=O) groups is 1. The van der Waals surface area contributed by atoms with Crippen molar-refractivity contribution in [3.05, 3.63) is 53.6 Å². The van der Waals surface area contributed by atoms with Crippen LogP contribution in [0.15, 0.2) is 47.4 Å². The molecule has 7 heteroatoms. The summed E-state index contributed by atoms with van der Waals surface area (Å²) in [5.74, 6) is -0.510. The maximum atomic E-state index is 12.4. The molecular formula is C16H17ClN2O3S. The summed E-state index contributed by atoms with van der Waals surface area (Å²) in [6.45, 7) is 3.73. The Morgan fingerprint density at radius 3 is 2.35 bits per heavy atom. The van der Waals surface area contributed by atoms with Crippen LogP contribution in [-0.4, -0.2) is 20.2 Å². The van der Waals surface area contributed by atoms with E-state index in [2.05, 4.69) is 10.0 Å². The van der Waals surface area contributed by atoms with Crippen molar-refractivity contribution in [2.45, 2.75) is 18.7 Å². The SMILES string of the molecule is Cc1ccc(C)c(NS(=O)(=O)c2ccc(NC(=O)CCl)cc2)c1. The van der Waals surface area contributed by atoms with Gasteiger partial charge in [0.05, 0.1) is 10.6 Å². The molecule has 0 spiro atoms. The van der Waals surface area contributed by atoms with Gasteiger partial charge in [-0.15, -0.1) is 11.6 Å². The third-order valence-corrected chi connectivity index (χ3v) is 4.83. The fraction of sp³-hybridized carbons (Fsp3) is 0.188. The van der Waals surface area contributed by atoms with Crippen LogP contribution >= 0.6 is 11.6 Å². The zero-order valence-corrected chi connectivity index (χ0v) is 14.3. The third kappa shape index (κ3) is 4.46. The Bertz CT molecular complexity index is 818. The summed E-state index contributed by atoms with van der Waals surface area (Å²) >= 11 is 5.41. The number of hydrogen-bond acceptors (Lipinski definition) is 3. The van der Waals surface area contributed by atoms with Gasteiger partial charge < -0.3 is 5.32 Å². The van der Waals surface area contributed by atoms with Crippen molar-refractivity contribution in [1.29, 1.82) is 0 Å². The Morgan fingerprint density at radius 2 is 1.74 bits per heavy atom.